The first-order valence-corrected chi connectivity index (χ1v) is 14.8. The largest absolute Gasteiger partial charge is 0.482 e. The van der Waals surface area contributed by atoms with Crippen LogP contribution in [0.4, 0.5) is 64.1 Å². The van der Waals surface area contributed by atoms with Crippen LogP contribution in [-0.4, -0.2) is 36.9 Å². The monoisotopic (exact) mass is 744 g/mol. The molecule has 0 fully saturated rings. The summed E-state index contributed by atoms with van der Waals surface area (Å²) in [6.07, 6.45) is -21.8. The number of hydrogen-bond donors (Lipinski definition) is 2. The van der Waals surface area contributed by atoms with E-state index in [4.69, 9.17) is 20.9 Å². The number of anilines is 2. The van der Waals surface area contributed by atoms with Crippen molar-refractivity contribution in [3.05, 3.63) is 143 Å². The second kappa shape index (κ2) is 13.9. The first-order valence-electron chi connectivity index (χ1n) is 14.8. The molecule has 2 atom stereocenters. The Kier molecular flexibility index (Phi) is 10.1. The van der Waals surface area contributed by atoms with E-state index in [0.29, 0.717) is 12.2 Å². The van der Waals surface area contributed by atoms with E-state index in [2.05, 4.69) is 0 Å². The third-order valence-electron chi connectivity index (χ3n) is 7.66. The third kappa shape index (κ3) is 8.66. The van der Waals surface area contributed by atoms with Gasteiger partial charge in [0.05, 0.1) is 0 Å². The van der Waals surface area contributed by atoms with E-state index in [-0.39, 0.29) is 45.1 Å². The molecular weight excluding hydrogens is 720 g/mol. The molecule has 0 bridgehead atoms. The standard InChI is InChI=1S/C36H24F12N2O2/c37-33(38,39)31(34(40,41)42)27-17-21(4-14-29(27)51-25-10-6-23(49)7-11-25)19-2-1-3-20(16-19)22-5-15-30(52-26-12-8-24(50)9-13-26)28(18-22)32(35(43,44)45)36(46,47)48/h1-18,29-30H,49-50H2. The van der Waals surface area contributed by atoms with Crippen molar-refractivity contribution in [2.45, 2.75) is 36.9 Å². The number of hydrogen-bond acceptors (Lipinski definition) is 4. The maximum absolute atomic E-state index is 14.0. The van der Waals surface area contributed by atoms with Crippen LogP contribution in [-0.2, 0) is 0 Å². The summed E-state index contributed by atoms with van der Waals surface area (Å²) in [5.74, 6) is -0.195. The van der Waals surface area contributed by atoms with E-state index >= 15 is 0 Å². The van der Waals surface area contributed by atoms with Crippen molar-refractivity contribution in [3.63, 3.8) is 0 Å². The lowest BCUT2D eigenvalue weighted by molar-refractivity contribution is -0.175. The molecule has 4 N–H and O–H groups in total. The summed E-state index contributed by atoms with van der Waals surface area (Å²) in [6, 6.07) is 15.3. The van der Waals surface area contributed by atoms with E-state index in [1.54, 1.807) is 0 Å². The molecule has 16 heteroatoms. The summed E-state index contributed by atoms with van der Waals surface area (Å²) in [4.78, 5) is 0. The van der Waals surface area contributed by atoms with Crippen LogP contribution in [0.2, 0.25) is 0 Å². The average Bonchev–Trinajstić information content (AvgIpc) is 3.02. The van der Waals surface area contributed by atoms with Gasteiger partial charge in [0.25, 0.3) is 0 Å². The van der Waals surface area contributed by atoms with Gasteiger partial charge in [-0.05, 0) is 101 Å². The highest BCUT2D eigenvalue weighted by Crippen LogP contribution is 2.46. The summed E-state index contributed by atoms with van der Waals surface area (Å²) in [5.41, 5.74) is 2.95. The number of ether oxygens (including phenoxy) is 2. The Morgan fingerprint density at radius 2 is 0.808 bits per heavy atom. The first kappa shape index (κ1) is 37.7. The molecule has 2 aliphatic carbocycles. The Morgan fingerprint density at radius 1 is 0.481 bits per heavy atom. The van der Waals surface area contributed by atoms with Gasteiger partial charge < -0.3 is 20.9 Å². The van der Waals surface area contributed by atoms with Gasteiger partial charge >= 0.3 is 24.7 Å². The van der Waals surface area contributed by atoms with Crippen molar-refractivity contribution in [1.82, 2.24) is 0 Å². The molecule has 0 aliphatic heterocycles. The van der Waals surface area contributed by atoms with Gasteiger partial charge in [-0.2, -0.15) is 52.7 Å². The molecule has 52 heavy (non-hydrogen) atoms. The van der Waals surface area contributed by atoms with Crippen LogP contribution in [0.25, 0.3) is 11.1 Å². The zero-order chi connectivity index (χ0) is 38.2. The minimum Gasteiger partial charge on any atom is -0.482 e. The van der Waals surface area contributed by atoms with Gasteiger partial charge in [0.1, 0.15) is 34.9 Å². The van der Waals surface area contributed by atoms with E-state index < -0.39 is 59.2 Å². The molecule has 0 spiro atoms. The SMILES string of the molecule is Nc1ccc(OC2C=CC(c3cccc(C4=CC(=C(C(F)(F)F)C(F)(F)F)C(Oc5ccc(N)cc5)C=C4)c3)=CC2=C(C(F)(F)F)C(F)(F)F)cc1. The summed E-state index contributed by atoms with van der Waals surface area (Å²) < 4.78 is 178. The van der Waals surface area contributed by atoms with Crippen LogP contribution >= 0.6 is 0 Å². The lowest BCUT2D eigenvalue weighted by atomic mass is 9.88. The number of nitrogens with two attached hydrogens (primary N) is 2. The highest BCUT2D eigenvalue weighted by atomic mass is 19.4. The number of allylic oxidation sites excluding steroid dienone is 6. The van der Waals surface area contributed by atoms with Crippen molar-refractivity contribution in [1.29, 1.82) is 0 Å². The minimum absolute atomic E-state index is 0.0205. The predicted octanol–water partition coefficient (Wildman–Crippen LogP) is 10.5. The van der Waals surface area contributed by atoms with Crippen molar-refractivity contribution in [2.75, 3.05) is 11.5 Å². The molecule has 0 radical (unpaired) electrons. The topological polar surface area (TPSA) is 70.5 Å². The quantitative estimate of drug-likeness (QED) is 0.195. The van der Waals surface area contributed by atoms with E-state index in [0.717, 1.165) is 12.2 Å². The summed E-state index contributed by atoms with van der Waals surface area (Å²) >= 11 is 0. The molecule has 3 aromatic rings. The molecule has 2 unspecified atom stereocenters. The zero-order valence-corrected chi connectivity index (χ0v) is 26.1. The molecule has 4 nitrogen and oxygen atoms in total. The normalized spacial score (nSPS) is 18.2. The third-order valence-corrected chi connectivity index (χ3v) is 7.66. The smallest absolute Gasteiger partial charge is 0.421 e. The molecule has 5 rings (SSSR count). The molecule has 274 valence electrons. The van der Waals surface area contributed by atoms with Gasteiger partial charge in [0.15, 0.2) is 0 Å². The van der Waals surface area contributed by atoms with Crippen molar-refractivity contribution >= 4 is 22.5 Å². The highest BCUT2D eigenvalue weighted by Gasteiger charge is 2.55. The molecule has 0 heterocycles. The maximum atomic E-state index is 14.0. The van der Waals surface area contributed by atoms with Gasteiger partial charge in [-0.1, -0.05) is 30.4 Å². The van der Waals surface area contributed by atoms with Crippen molar-refractivity contribution < 1.29 is 62.2 Å². The number of halogens is 12. The maximum Gasteiger partial charge on any atom is 0.421 e. The summed E-state index contributed by atoms with van der Waals surface area (Å²) in [7, 11) is 0. The second-order valence-corrected chi connectivity index (χ2v) is 11.4. The van der Waals surface area contributed by atoms with E-state index in [9.17, 15) is 52.7 Å². The number of rotatable bonds is 6. The molecule has 0 saturated heterocycles. The van der Waals surface area contributed by atoms with Crippen LogP contribution in [0.3, 0.4) is 0 Å². The Bertz CT molecular complexity index is 1820. The van der Waals surface area contributed by atoms with Gasteiger partial charge in [0, 0.05) is 22.5 Å². The second-order valence-electron chi connectivity index (χ2n) is 11.4. The average molecular weight is 745 g/mol. The Balaban J connectivity index is 1.60. The lowest BCUT2D eigenvalue weighted by Crippen LogP contribution is -2.32. The number of benzene rings is 3. The first-order chi connectivity index (χ1) is 24.1. The van der Waals surface area contributed by atoms with Crippen LogP contribution in [0.5, 0.6) is 11.5 Å². The number of alkyl halides is 12. The molecular formula is C36H24F12N2O2. The number of nitrogen functional groups attached to an aromatic ring is 2. The van der Waals surface area contributed by atoms with Gasteiger partial charge in [-0.15, -0.1) is 0 Å². The minimum atomic E-state index is -5.88. The fourth-order valence-electron chi connectivity index (χ4n) is 5.42. The molecule has 3 aromatic carbocycles. The Morgan fingerprint density at radius 3 is 1.12 bits per heavy atom. The summed E-state index contributed by atoms with van der Waals surface area (Å²) in [6.45, 7) is 0. The molecule has 0 saturated carbocycles. The van der Waals surface area contributed by atoms with Crippen LogP contribution in [0, 0.1) is 0 Å². The fraction of sp³-hybridized carbons (Fsp3) is 0.167. The molecule has 0 amide bonds. The van der Waals surface area contributed by atoms with Crippen molar-refractivity contribution in [3.8, 4) is 11.5 Å². The fourth-order valence-corrected chi connectivity index (χ4v) is 5.42. The van der Waals surface area contributed by atoms with Crippen LogP contribution in [0.15, 0.2) is 132 Å². The lowest BCUT2D eigenvalue weighted by Gasteiger charge is -2.27. The van der Waals surface area contributed by atoms with Crippen LogP contribution < -0.4 is 20.9 Å². The zero-order valence-electron chi connectivity index (χ0n) is 26.1. The predicted molar refractivity (Wildman–Crippen MR) is 169 cm³/mol. The van der Waals surface area contributed by atoms with Gasteiger partial charge in [-0.3, -0.25) is 0 Å². The Labute approximate surface area is 287 Å². The molecule has 0 aromatic heterocycles. The Hall–Kier alpha value is -5.54. The highest BCUT2D eigenvalue weighted by molar-refractivity contribution is 5.84. The van der Waals surface area contributed by atoms with Crippen LogP contribution in [0.1, 0.15) is 11.1 Å². The summed E-state index contributed by atoms with van der Waals surface area (Å²) in [5, 5.41) is 0. The van der Waals surface area contributed by atoms with E-state index in [1.165, 1.54) is 84.9 Å². The van der Waals surface area contributed by atoms with Gasteiger partial charge in [0.2, 0.25) is 0 Å². The van der Waals surface area contributed by atoms with E-state index in [1.807, 2.05) is 0 Å². The van der Waals surface area contributed by atoms with Crippen molar-refractivity contribution in [2.24, 2.45) is 0 Å². The van der Waals surface area contributed by atoms with Gasteiger partial charge in [-0.25, -0.2) is 0 Å². The molecule has 2 aliphatic rings.